The van der Waals surface area contributed by atoms with Crippen LogP contribution >= 0.6 is 0 Å². The summed E-state index contributed by atoms with van der Waals surface area (Å²) in [5.74, 6) is 2.77. The fourth-order valence-electron chi connectivity index (χ4n) is 3.16. The second kappa shape index (κ2) is 6.37. The highest BCUT2D eigenvalue weighted by molar-refractivity contribution is 6.02. The maximum atomic E-state index is 14.7. The van der Waals surface area contributed by atoms with Gasteiger partial charge in [0.1, 0.15) is 5.82 Å². The number of nitrogens with zero attached hydrogens (tertiary/aromatic N) is 1. The van der Waals surface area contributed by atoms with Crippen molar-refractivity contribution in [2.75, 3.05) is 11.9 Å². The average molecular weight is 410 g/mol. The van der Waals surface area contributed by atoms with E-state index in [-0.39, 0.29) is 23.7 Å². The van der Waals surface area contributed by atoms with Gasteiger partial charge in [-0.2, -0.15) is 13.2 Å². The van der Waals surface area contributed by atoms with Crippen LogP contribution in [0, 0.1) is 23.6 Å². The summed E-state index contributed by atoms with van der Waals surface area (Å²) in [4.78, 5) is 36.1. The topological polar surface area (TPSA) is 90.5 Å². The lowest BCUT2D eigenvalue weighted by Crippen LogP contribution is -2.59. The first kappa shape index (κ1) is 19.0. The maximum Gasteiger partial charge on any atom is 0.427 e. The third-order valence-corrected chi connectivity index (χ3v) is 4.87. The molecule has 1 aromatic rings. The van der Waals surface area contributed by atoms with E-state index in [1.165, 1.54) is 0 Å². The van der Waals surface area contributed by atoms with E-state index in [9.17, 15) is 31.9 Å². The number of carbonyl (C=O) groups is 3. The summed E-state index contributed by atoms with van der Waals surface area (Å²) in [6, 6.07) is -0.267. The molecule has 0 spiro atoms. The first-order chi connectivity index (χ1) is 13.6. The predicted molar refractivity (Wildman–Crippen MR) is 90.7 cm³/mol. The molecule has 2 heterocycles. The van der Waals surface area contributed by atoms with E-state index in [2.05, 4.69) is 22.5 Å². The van der Waals surface area contributed by atoms with Gasteiger partial charge in [0.05, 0.1) is 13.1 Å². The number of hydrogen-bond acceptors (Lipinski definition) is 3. The quantitative estimate of drug-likeness (QED) is 0.397. The van der Waals surface area contributed by atoms with Gasteiger partial charge in [-0.3, -0.25) is 9.69 Å². The van der Waals surface area contributed by atoms with Crippen LogP contribution in [0.3, 0.4) is 0 Å². The summed E-state index contributed by atoms with van der Waals surface area (Å²) in [6.45, 7) is -0.736. The molecule has 4 rings (SSSR count). The summed E-state index contributed by atoms with van der Waals surface area (Å²) >= 11 is 0. The number of urea groups is 2. The molecule has 11 heteroatoms. The molecular weight excluding hydrogens is 396 g/mol. The van der Waals surface area contributed by atoms with Gasteiger partial charge < -0.3 is 16.0 Å². The van der Waals surface area contributed by atoms with Crippen molar-refractivity contribution in [3.8, 4) is 11.8 Å². The fraction of sp³-hybridized carbons (Fsp3) is 0.389. The molecule has 0 bridgehead atoms. The minimum atomic E-state index is -5.01. The number of imide groups is 1. The zero-order chi connectivity index (χ0) is 21.0. The Bertz CT molecular complexity index is 977. The van der Waals surface area contributed by atoms with E-state index in [0.717, 1.165) is 11.0 Å². The van der Waals surface area contributed by atoms with E-state index >= 15 is 0 Å². The number of carbonyl (C=O) groups excluding carboxylic acids is 3. The first-order valence-corrected chi connectivity index (χ1v) is 8.70. The third-order valence-electron chi connectivity index (χ3n) is 4.87. The summed E-state index contributed by atoms with van der Waals surface area (Å²) in [6.07, 6.45) is -3.68. The Labute approximate surface area is 161 Å². The minimum absolute atomic E-state index is 0.187. The Morgan fingerprint density at radius 3 is 2.52 bits per heavy atom. The number of rotatable bonds is 2. The van der Waals surface area contributed by atoms with Crippen LogP contribution in [0.5, 0.6) is 0 Å². The van der Waals surface area contributed by atoms with Crippen molar-refractivity contribution < 1.29 is 31.9 Å². The van der Waals surface area contributed by atoms with Gasteiger partial charge in [0.2, 0.25) is 11.4 Å². The third kappa shape index (κ3) is 3.24. The minimum Gasteiger partial charge on any atom is -0.329 e. The van der Waals surface area contributed by atoms with E-state index in [0.29, 0.717) is 18.9 Å². The van der Waals surface area contributed by atoms with Crippen LogP contribution in [0.25, 0.3) is 0 Å². The number of anilines is 1. The van der Waals surface area contributed by atoms with Gasteiger partial charge in [0, 0.05) is 22.7 Å². The molecule has 29 heavy (non-hydrogen) atoms. The lowest BCUT2D eigenvalue weighted by atomic mass is 9.85. The number of hydrogen-bond donors (Lipinski definition) is 3. The number of nitrogens with one attached hydrogen (secondary N) is 3. The second-order valence-electron chi connectivity index (χ2n) is 7.00. The second-order valence-corrected chi connectivity index (χ2v) is 7.00. The monoisotopic (exact) mass is 410 g/mol. The van der Waals surface area contributed by atoms with Crippen molar-refractivity contribution in [2.24, 2.45) is 5.92 Å². The Hall–Kier alpha value is -3.29. The fourth-order valence-corrected chi connectivity index (χ4v) is 3.16. The summed E-state index contributed by atoms with van der Waals surface area (Å²) in [5.41, 5.74) is -4.16. The number of alkyl halides is 3. The summed E-state index contributed by atoms with van der Waals surface area (Å²) in [7, 11) is 0. The van der Waals surface area contributed by atoms with Gasteiger partial charge in [-0.25, -0.2) is 14.0 Å². The van der Waals surface area contributed by atoms with E-state index < -0.39 is 47.6 Å². The maximum absolute atomic E-state index is 14.7. The van der Waals surface area contributed by atoms with Gasteiger partial charge in [0.15, 0.2) is 0 Å². The molecule has 0 radical (unpaired) electrons. The standard InChI is InChI=1S/C18H14F4N4O3/c19-12-6-11-13(5-10(12)8-26-14(27)7-23-16(26)29)24-15(28)25-17(11,18(20,21)22)4-3-9-1-2-9/h5-6,9H,1-2,7-8H2,(H,23,29)(H2,24,25,28)/t17-/m0/s1. The SMILES string of the molecule is O=C1Nc2cc(CN3C(=O)CNC3=O)c(F)cc2[C@@](C#CC2CC2)(C(F)(F)F)N1. The zero-order valence-electron chi connectivity index (χ0n) is 14.7. The molecule has 3 aliphatic rings. The van der Waals surface area contributed by atoms with Crippen molar-refractivity contribution >= 4 is 23.7 Å². The van der Waals surface area contributed by atoms with Crippen LogP contribution in [-0.2, 0) is 16.9 Å². The van der Waals surface area contributed by atoms with Crippen molar-refractivity contribution in [3.63, 3.8) is 0 Å². The predicted octanol–water partition coefficient (Wildman–Crippen LogP) is 2.18. The normalized spacial score (nSPS) is 23.6. The molecule has 0 aromatic heterocycles. The van der Waals surface area contributed by atoms with E-state index in [4.69, 9.17) is 0 Å². The molecule has 1 saturated carbocycles. The van der Waals surface area contributed by atoms with Gasteiger partial charge >= 0.3 is 18.2 Å². The van der Waals surface area contributed by atoms with Crippen LogP contribution in [0.1, 0.15) is 24.0 Å². The molecule has 2 fully saturated rings. The number of benzene rings is 1. The Balaban J connectivity index is 1.80. The molecule has 0 unspecified atom stereocenters. The number of halogens is 4. The molecule has 1 saturated heterocycles. The van der Waals surface area contributed by atoms with Crippen LogP contribution in [0.4, 0.5) is 32.8 Å². The van der Waals surface area contributed by atoms with E-state index in [1.54, 1.807) is 5.32 Å². The van der Waals surface area contributed by atoms with Crippen LogP contribution in [0.15, 0.2) is 12.1 Å². The van der Waals surface area contributed by atoms with Gasteiger partial charge in [-0.1, -0.05) is 11.8 Å². The molecule has 152 valence electrons. The highest BCUT2D eigenvalue weighted by Gasteiger charge is 2.59. The number of fused-ring (bicyclic) bond motifs is 1. The molecule has 1 atom stereocenters. The van der Waals surface area contributed by atoms with Crippen LogP contribution in [-0.4, -0.2) is 35.6 Å². The van der Waals surface area contributed by atoms with Crippen molar-refractivity contribution in [1.29, 1.82) is 0 Å². The summed E-state index contributed by atoms with van der Waals surface area (Å²) < 4.78 is 56.7. The molecular formula is C18H14F4N4O3. The Morgan fingerprint density at radius 1 is 1.21 bits per heavy atom. The van der Waals surface area contributed by atoms with Crippen molar-refractivity contribution in [3.05, 3.63) is 29.1 Å². The molecule has 5 amide bonds. The molecule has 2 aliphatic heterocycles. The first-order valence-electron chi connectivity index (χ1n) is 8.70. The largest absolute Gasteiger partial charge is 0.427 e. The van der Waals surface area contributed by atoms with Crippen molar-refractivity contribution in [2.45, 2.75) is 31.1 Å². The molecule has 1 aliphatic carbocycles. The van der Waals surface area contributed by atoms with Gasteiger partial charge in [0.25, 0.3) is 0 Å². The Kier molecular flexibility index (Phi) is 4.18. The molecule has 1 aromatic carbocycles. The van der Waals surface area contributed by atoms with Gasteiger partial charge in [-0.15, -0.1) is 0 Å². The van der Waals surface area contributed by atoms with Gasteiger partial charge in [-0.05, 0) is 25.0 Å². The van der Waals surface area contributed by atoms with Crippen LogP contribution < -0.4 is 16.0 Å². The average Bonchev–Trinajstić information content (AvgIpc) is 3.41. The molecule has 3 N–H and O–H groups in total. The lowest BCUT2D eigenvalue weighted by molar-refractivity contribution is -0.178. The number of amides is 5. The smallest absolute Gasteiger partial charge is 0.329 e. The summed E-state index contributed by atoms with van der Waals surface area (Å²) in [5, 5.41) is 6.28. The highest BCUT2D eigenvalue weighted by atomic mass is 19.4. The van der Waals surface area contributed by atoms with E-state index in [1.807, 2.05) is 0 Å². The Morgan fingerprint density at radius 2 is 1.93 bits per heavy atom. The zero-order valence-corrected chi connectivity index (χ0v) is 14.7. The lowest BCUT2D eigenvalue weighted by Gasteiger charge is -2.37. The van der Waals surface area contributed by atoms with Crippen molar-refractivity contribution in [1.82, 2.24) is 15.5 Å². The highest BCUT2D eigenvalue weighted by Crippen LogP contribution is 2.45. The molecule has 7 nitrogen and oxygen atoms in total. The van der Waals surface area contributed by atoms with Crippen LogP contribution in [0.2, 0.25) is 0 Å².